The molecule has 258 valence electrons. The van der Waals surface area contributed by atoms with Gasteiger partial charge in [0.15, 0.2) is 5.82 Å². The van der Waals surface area contributed by atoms with E-state index in [9.17, 15) is 14.0 Å². The van der Waals surface area contributed by atoms with E-state index in [0.29, 0.717) is 78.2 Å². The van der Waals surface area contributed by atoms with Crippen molar-refractivity contribution >= 4 is 34.8 Å². The highest BCUT2D eigenvalue weighted by atomic mass is 35.5. The van der Waals surface area contributed by atoms with Gasteiger partial charge in [-0.25, -0.2) is 9.37 Å². The molecule has 0 spiro atoms. The first-order valence-corrected chi connectivity index (χ1v) is 16.7. The lowest BCUT2D eigenvalue weighted by atomic mass is 9.96. The Kier molecular flexibility index (Phi) is 10.3. The molecule has 0 saturated carbocycles. The molecule has 4 heterocycles. The number of pyridine rings is 1. The zero-order valence-corrected chi connectivity index (χ0v) is 28.9. The van der Waals surface area contributed by atoms with E-state index in [0.717, 1.165) is 35.5 Å². The van der Waals surface area contributed by atoms with Gasteiger partial charge in [-0.3, -0.25) is 14.6 Å². The summed E-state index contributed by atoms with van der Waals surface area (Å²) in [5.74, 6) is 0.0489. The number of methoxy groups -OCH3 is 1. The van der Waals surface area contributed by atoms with Gasteiger partial charge in [0.05, 0.1) is 23.5 Å². The molecule has 0 bridgehead atoms. The number of ether oxygens (including phenoxy) is 2. The normalized spacial score (nSPS) is 15.8. The number of fused-ring (bicyclic) bond motifs is 1. The second-order valence-electron chi connectivity index (χ2n) is 12.7. The minimum atomic E-state index is -1.30. The largest absolute Gasteiger partial charge is 0.496 e. The smallest absolute Gasteiger partial charge is 0.291 e. The van der Waals surface area contributed by atoms with Gasteiger partial charge in [-0.2, -0.15) is 0 Å². The van der Waals surface area contributed by atoms with E-state index in [2.05, 4.69) is 30.8 Å². The number of likely N-dealkylation sites (N-methyl/N-ethyl adjacent to an activating group) is 1. The van der Waals surface area contributed by atoms with Crippen LogP contribution in [0.2, 0.25) is 5.02 Å². The van der Waals surface area contributed by atoms with Gasteiger partial charge in [0.2, 0.25) is 0 Å². The zero-order valence-electron chi connectivity index (χ0n) is 28.2. The van der Waals surface area contributed by atoms with Crippen molar-refractivity contribution in [2.45, 2.75) is 44.9 Å². The average Bonchev–Trinajstić information content (AvgIpc) is 3.42. The summed E-state index contributed by atoms with van der Waals surface area (Å²) < 4.78 is 27.6. The molecule has 2 amide bonds. The summed E-state index contributed by atoms with van der Waals surface area (Å²) in [6, 6.07) is 12.6. The van der Waals surface area contributed by atoms with Crippen LogP contribution in [0, 0.1) is 6.92 Å². The average molecular weight is 690 g/mol. The Morgan fingerprint density at radius 1 is 1.06 bits per heavy atom. The molecule has 3 N–H and O–H groups in total. The maximum absolute atomic E-state index is 14.9. The van der Waals surface area contributed by atoms with E-state index in [1.54, 1.807) is 24.4 Å². The van der Waals surface area contributed by atoms with Crippen LogP contribution in [0.4, 0.5) is 15.8 Å². The van der Waals surface area contributed by atoms with E-state index >= 15 is 0 Å². The molecule has 2 aliphatic rings. The molecule has 2 aromatic carbocycles. The van der Waals surface area contributed by atoms with Crippen LogP contribution in [0.5, 0.6) is 5.75 Å². The minimum absolute atomic E-state index is 0.169. The number of hydrogen-bond acceptors (Lipinski definition) is 8. The van der Waals surface area contributed by atoms with E-state index < -0.39 is 11.6 Å². The number of nitrogens with one attached hydrogen (secondary N) is 3. The summed E-state index contributed by atoms with van der Waals surface area (Å²) in [7, 11) is 5.42. The predicted octanol–water partition coefficient (Wildman–Crippen LogP) is 5.55. The number of carbonyl (C=O) groups is 2. The second kappa shape index (κ2) is 14.6. The summed E-state index contributed by atoms with van der Waals surface area (Å²) in [5.41, 5.74) is 4.85. The molecule has 1 saturated heterocycles. The molecule has 6 rings (SSSR count). The van der Waals surface area contributed by atoms with Crippen LogP contribution in [0.3, 0.4) is 0 Å². The van der Waals surface area contributed by atoms with E-state index in [1.807, 2.05) is 49.9 Å². The third kappa shape index (κ3) is 7.47. The molecule has 0 aliphatic carbocycles. The Hall–Kier alpha value is -4.36. The fraction of sp³-hybridized carbons (Fsp3) is 0.389. The van der Waals surface area contributed by atoms with Gasteiger partial charge < -0.3 is 34.9 Å². The van der Waals surface area contributed by atoms with Crippen molar-refractivity contribution in [1.29, 1.82) is 0 Å². The van der Waals surface area contributed by atoms with Crippen molar-refractivity contribution in [1.82, 2.24) is 24.8 Å². The summed E-state index contributed by atoms with van der Waals surface area (Å²) in [4.78, 5) is 37.9. The monoisotopic (exact) mass is 689 g/mol. The van der Waals surface area contributed by atoms with Crippen LogP contribution in [0.15, 0.2) is 48.7 Å². The van der Waals surface area contributed by atoms with Gasteiger partial charge >= 0.3 is 0 Å². The van der Waals surface area contributed by atoms with Gasteiger partial charge in [-0.1, -0.05) is 35.9 Å². The van der Waals surface area contributed by atoms with Crippen molar-refractivity contribution < 1.29 is 23.5 Å². The Morgan fingerprint density at radius 2 is 1.78 bits per heavy atom. The van der Waals surface area contributed by atoms with Crippen molar-refractivity contribution in [3.63, 3.8) is 0 Å². The molecule has 4 aromatic rings. The maximum Gasteiger partial charge on any atom is 0.291 e. The van der Waals surface area contributed by atoms with Crippen LogP contribution in [0.1, 0.15) is 56.5 Å². The Bertz CT molecular complexity index is 1870. The highest BCUT2D eigenvalue weighted by Gasteiger charge is 2.32. The fourth-order valence-electron chi connectivity index (χ4n) is 6.37. The fourth-order valence-corrected chi connectivity index (χ4v) is 6.65. The quantitative estimate of drug-likeness (QED) is 0.198. The molecular formula is C36H41ClFN7O4. The number of nitrogens with zero attached hydrogens (tertiary/aromatic N) is 4. The van der Waals surface area contributed by atoms with Gasteiger partial charge in [-0.05, 0) is 37.2 Å². The molecule has 2 aromatic heterocycles. The Balaban J connectivity index is 1.15. The number of anilines is 2. The van der Waals surface area contributed by atoms with Crippen LogP contribution >= 0.6 is 11.6 Å². The lowest BCUT2D eigenvalue weighted by Gasteiger charge is -2.29. The topological polar surface area (TPSA) is 123 Å². The van der Waals surface area contributed by atoms with Crippen molar-refractivity contribution in [2.24, 2.45) is 7.05 Å². The van der Waals surface area contributed by atoms with Crippen molar-refractivity contribution in [2.75, 3.05) is 51.1 Å². The van der Waals surface area contributed by atoms with Gasteiger partial charge in [0, 0.05) is 100 Å². The highest BCUT2D eigenvalue weighted by molar-refractivity contribution is 6.36. The first-order valence-electron chi connectivity index (χ1n) is 16.3. The number of carbonyl (C=O) groups excluding carboxylic acids is 2. The number of rotatable bonds is 10. The van der Waals surface area contributed by atoms with Gasteiger partial charge in [0.25, 0.3) is 11.8 Å². The molecule has 11 nitrogen and oxygen atoms in total. The highest BCUT2D eigenvalue weighted by Crippen LogP contribution is 2.38. The molecule has 0 radical (unpaired) electrons. The second-order valence-corrected chi connectivity index (χ2v) is 13.1. The number of halogens is 2. The number of amides is 2. The van der Waals surface area contributed by atoms with Gasteiger partial charge in [-0.15, -0.1) is 0 Å². The molecule has 13 heteroatoms. The number of benzene rings is 2. The predicted molar refractivity (Wildman–Crippen MR) is 187 cm³/mol. The summed E-state index contributed by atoms with van der Waals surface area (Å²) >= 11 is 6.91. The first kappa shape index (κ1) is 34.5. The third-order valence-electron chi connectivity index (χ3n) is 9.31. The molecular weight excluding hydrogens is 649 g/mol. The van der Waals surface area contributed by atoms with E-state index in [-0.39, 0.29) is 18.1 Å². The van der Waals surface area contributed by atoms with E-state index in [4.69, 9.17) is 21.1 Å². The molecule has 0 unspecified atom stereocenters. The molecule has 1 fully saturated rings. The molecule has 2 aliphatic heterocycles. The van der Waals surface area contributed by atoms with Crippen LogP contribution in [0.25, 0.3) is 11.1 Å². The summed E-state index contributed by atoms with van der Waals surface area (Å²) in [5, 5.41) is 9.43. The summed E-state index contributed by atoms with van der Waals surface area (Å²) in [6.45, 7) is 4.87. The Morgan fingerprint density at radius 3 is 2.53 bits per heavy atom. The number of imidazole rings is 1. The lowest BCUT2D eigenvalue weighted by Crippen LogP contribution is -2.41. The lowest BCUT2D eigenvalue weighted by molar-refractivity contribution is -0.00795. The standard InChI is InChI=1S/C36H41ClFN7O4/c1-22-24(25-8-6-10-27(32(25)37)43-35(47)33-41-29-20-44(2)14-11-30(29)45(33)3)7-5-9-26(22)42-34(46)28-17-31(48-4)23(19-40-28)18-39-21-36(38)12-15-49-16-13-36/h5-10,17,19,39H,11-16,18,20-21H2,1-4H3,(H,42,46)(H,43,47). The zero-order chi connectivity index (χ0) is 34.7. The SMILES string of the molecule is COc1cc(C(=O)Nc2cccc(-c3cccc(NC(=O)c4nc5c(n4C)CCN(C)C5)c3Cl)c2C)ncc1CNCC1(F)CCOCC1. The van der Waals surface area contributed by atoms with Gasteiger partial charge in [0.1, 0.15) is 17.1 Å². The van der Waals surface area contributed by atoms with Crippen molar-refractivity contribution in [3.8, 4) is 16.9 Å². The van der Waals surface area contributed by atoms with Crippen LogP contribution in [-0.4, -0.2) is 77.4 Å². The van der Waals surface area contributed by atoms with E-state index in [1.165, 1.54) is 7.11 Å². The maximum atomic E-state index is 14.9. The van der Waals surface area contributed by atoms with Crippen LogP contribution in [-0.2, 0) is 31.3 Å². The minimum Gasteiger partial charge on any atom is -0.496 e. The molecule has 0 atom stereocenters. The van der Waals surface area contributed by atoms with Crippen LogP contribution < -0.4 is 20.7 Å². The third-order valence-corrected chi connectivity index (χ3v) is 9.72. The number of aromatic nitrogens is 3. The first-order chi connectivity index (χ1) is 23.6. The Labute approximate surface area is 290 Å². The van der Waals surface area contributed by atoms with Crippen molar-refractivity contribution in [3.05, 3.63) is 87.7 Å². The number of hydrogen-bond donors (Lipinski definition) is 3. The summed E-state index contributed by atoms with van der Waals surface area (Å²) in [6.07, 6.45) is 3.11. The molecule has 49 heavy (non-hydrogen) atoms. The number of alkyl halides is 1.